The molecular weight excluding hydrogens is 266 g/mol. The highest BCUT2D eigenvalue weighted by atomic mass is 16.6. The van der Waals surface area contributed by atoms with E-state index in [1.54, 1.807) is 24.3 Å². The minimum absolute atomic E-state index is 0.135. The largest absolute Gasteiger partial charge is 0.508 e. The fourth-order valence-electron chi connectivity index (χ4n) is 2.33. The summed E-state index contributed by atoms with van der Waals surface area (Å²) in [6.45, 7) is 2.19. The number of nitro benzene ring substituents is 1. The summed E-state index contributed by atoms with van der Waals surface area (Å²) in [5.41, 5.74) is 2.47. The minimum Gasteiger partial charge on any atom is -0.508 e. The highest BCUT2D eigenvalue weighted by Crippen LogP contribution is 2.18. The Labute approximate surface area is 124 Å². The number of aryl methyl sites for hydroxylation is 1. The summed E-state index contributed by atoms with van der Waals surface area (Å²) in [4.78, 5) is 10.2. The highest BCUT2D eigenvalue weighted by Gasteiger charge is 2.07. The van der Waals surface area contributed by atoms with Crippen molar-refractivity contribution in [3.8, 4) is 5.75 Å². The molecule has 0 aliphatic carbocycles. The Morgan fingerprint density at radius 3 is 2.19 bits per heavy atom. The zero-order chi connectivity index (χ0) is 15.2. The van der Waals surface area contributed by atoms with Crippen molar-refractivity contribution in [1.82, 2.24) is 0 Å². The van der Waals surface area contributed by atoms with E-state index in [-0.39, 0.29) is 16.4 Å². The van der Waals surface area contributed by atoms with Gasteiger partial charge in [-0.05, 0) is 48.4 Å². The number of aromatic hydroxyl groups is 1. The second-order valence-corrected chi connectivity index (χ2v) is 5.44. The minimum atomic E-state index is -0.378. The number of phenolic OH excluding ortho intramolecular Hbond substituents is 1. The van der Waals surface area contributed by atoms with Gasteiger partial charge in [0.15, 0.2) is 0 Å². The second-order valence-electron chi connectivity index (χ2n) is 5.44. The van der Waals surface area contributed by atoms with Crippen LogP contribution in [0.4, 0.5) is 5.69 Å². The average molecular weight is 285 g/mol. The van der Waals surface area contributed by atoms with Crippen molar-refractivity contribution in [1.29, 1.82) is 0 Å². The summed E-state index contributed by atoms with van der Waals surface area (Å²) in [5.74, 6) is 0.807. The van der Waals surface area contributed by atoms with Crippen LogP contribution in [0.5, 0.6) is 5.75 Å². The van der Waals surface area contributed by atoms with Crippen LogP contribution in [0.2, 0.25) is 0 Å². The van der Waals surface area contributed by atoms with E-state index >= 15 is 0 Å². The van der Waals surface area contributed by atoms with E-state index in [2.05, 4.69) is 6.92 Å². The van der Waals surface area contributed by atoms with Crippen LogP contribution in [0.15, 0.2) is 48.5 Å². The van der Waals surface area contributed by atoms with Crippen molar-refractivity contribution in [2.24, 2.45) is 5.92 Å². The summed E-state index contributed by atoms with van der Waals surface area (Å²) >= 11 is 0. The Bertz CT molecular complexity index is 590. The van der Waals surface area contributed by atoms with E-state index in [9.17, 15) is 15.2 Å². The summed E-state index contributed by atoms with van der Waals surface area (Å²) in [6.07, 6.45) is 2.91. The van der Waals surface area contributed by atoms with E-state index in [1.165, 1.54) is 5.56 Å². The summed E-state index contributed by atoms with van der Waals surface area (Å²) in [5, 5.41) is 19.8. The molecule has 1 atom stereocenters. The Morgan fingerprint density at radius 2 is 1.62 bits per heavy atom. The SMILES string of the molecule is CC(CCc1ccc([N+](=O)[O-])cc1)Cc1ccc(O)cc1. The highest BCUT2D eigenvalue weighted by molar-refractivity contribution is 5.33. The monoisotopic (exact) mass is 285 g/mol. The average Bonchev–Trinajstić information content (AvgIpc) is 2.48. The standard InChI is InChI=1S/C17H19NO3/c1-13(12-15-6-10-17(19)11-7-15)2-3-14-4-8-16(9-5-14)18(20)21/h4-11,13,19H,2-3,12H2,1H3. The lowest BCUT2D eigenvalue weighted by Gasteiger charge is -2.11. The molecule has 0 radical (unpaired) electrons. The summed E-state index contributed by atoms with van der Waals surface area (Å²) < 4.78 is 0. The first-order chi connectivity index (χ1) is 10.0. The molecule has 0 saturated carbocycles. The first kappa shape index (κ1) is 15.0. The van der Waals surface area contributed by atoms with Crippen molar-refractivity contribution < 1.29 is 10.0 Å². The van der Waals surface area contributed by atoms with E-state index < -0.39 is 0 Å². The van der Waals surface area contributed by atoms with Crippen LogP contribution in [0.25, 0.3) is 0 Å². The molecule has 0 saturated heterocycles. The molecule has 0 amide bonds. The van der Waals surface area contributed by atoms with Crippen molar-refractivity contribution in [2.75, 3.05) is 0 Å². The maximum atomic E-state index is 10.6. The van der Waals surface area contributed by atoms with Gasteiger partial charge in [-0.3, -0.25) is 10.1 Å². The van der Waals surface area contributed by atoms with Crippen LogP contribution in [-0.2, 0) is 12.8 Å². The third-order valence-corrected chi connectivity index (χ3v) is 3.59. The van der Waals surface area contributed by atoms with E-state index in [1.807, 2.05) is 24.3 Å². The third kappa shape index (κ3) is 4.60. The van der Waals surface area contributed by atoms with Gasteiger partial charge in [0.1, 0.15) is 5.75 Å². The number of benzene rings is 2. The number of rotatable bonds is 6. The maximum absolute atomic E-state index is 10.6. The number of phenols is 1. The molecule has 2 aromatic carbocycles. The lowest BCUT2D eigenvalue weighted by atomic mass is 9.94. The molecule has 0 aliphatic heterocycles. The summed E-state index contributed by atoms with van der Waals surface area (Å²) in [7, 11) is 0. The Morgan fingerprint density at radius 1 is 1.05 bits per heavy atom. The lowest BCUT2D eigenvalue weighted by molar-refractivity contribution is -0.384. The van der Waals surface area contributed by atoms with Crippen LogP contribution >= 0.6 is 0 Å². The van der Waals surface area contributed by atoms with Gasteiger partial charge in [-0.15, -0.1) is 0 Å². The molecule has 1 N–H and O–H groups in total. The molecule has 0 heterocycles. The smallest absolute Gasteiger partial charge is 0.269 e. The number of non-ortho nitro benzene ring substituents is 1. The molecule has 0 aromatic heterocycles. The molecule has 110 valence electrons. The lowest BCUT2D eigenvalue weighted by Crippen LogP contribution is -2.02. The van der Waals surface area contributed by atoms with Crippen LogP contribution in [0.1, 0.15) is 24.5 Å². The molecule has 0 bridgehead atoms. The molecule has 4 nitrogen and oxygen atoms in total. The Balaban J connectivity index is 1.84. The number of nitro groups is 1. The Kier molecular flexibility index (Phi) is 4.93. The molecule has 2 rings (SSSR count). The first-order valence-electron chi connectivity index (χ1n) is 7.06. The van der Waals surface area contributed by atoms with Gasteiger partial charge in [0, 0.05) is 12.1 Å². The van der Waals surface area contributed by atoms with Crippen LogP contribution in [-0.4, -0.2) is 10.0 Å². The summed E-state index contributed by atoms with van der Waals surface area (Å²) in [6, 6.07) is 14.1. The molecule has 1 unspecified atom stereocenters. The predicted octanol–water partition coefficient (Wildman–Crippen LogP) is 4.11. The quantitative estimate of drug-likeness (QED) is 0.641. The van der Waals surface area contributed by atoms with Gasteiger partial charge >= 0.3 is 0 Å². The zero-order valence-electron chi connectivity index (χ0n) is 12.0. The molecule has 4 heteroatoms. The number of nitrogens with zero attached hydrogens (tertiary/aromatic N) is 1. The van der Waals surface area contributed by atoms with Gasteiger partial charge in [-0.2, -0.15) is 0 Å². The number of hydrogen-bond acceptors (Lipinski definition) is 3. The fourth-order valence-corrected chi connectivity index (χ4v) is 2.33. The molecular formula is C17H19NO3. The van der Waals surface area contributed by atoms with Gasteiger partial charge in [-0.1, -0.05) is 31.2 Å². The zero-order valence-corrected chi connectivity index (χ0v) is 12.0. The van der Waals surface area contributed by atoms with Gasteiger partial charge < -0.3 is 5.11 Å². The maximum Gasteiger partial charge on any atom is 0.269 e. The van der Waals surface area contributed by atoms with Gasteiger partial charge in [0.2, 0.25) is 0 Å². The van der Waals surface area contributed by atoms with Crippen LogP contribution in [0.3, 0.4) is 0 Å². The third-order valence-electron chi connectivity index (χ3n) is 3.59. The van der Waals surface area contributed by atoms with E-state index in [0.29, 0.717) is 5.92 Å². The van der Waals surface area contributed by atoms with Gasteiger partial charge in [0.05, 0.1) is 4.92 Å². The molecule has 0 fully saturated rings. The second kappa shape index (κ2) is 6.88. The van der Waals surface area contributed by atoms with Crippen LogP contribution in [0, 0.1) is 16.0 Å². The van der Waals surface area contributed by atoms with Crippen molar-refractivity contribution in [3.05, 3.63) is 69.8 Å². The first-order valence-corrected chi connectivity index (χ1v) is 7.06. The molecule has 21 heavy (non-hydrogen) atoms. The normalized spacial score (nSPS) is 12.0. The topological polar surface area (TPSA) is 63.4 Å². The Hall–Kier alpha value is -2.36. The van der Waals surface area contributed by atoms with Gasteiger partial charge in [-0.25, -0.2) is 0 Å². The predicted molar refractivity (Wildman–Crippen MR) is 82.4 cm³/mol. The van der Waals surface area contributed by atoms with Crippen LogP contribution < -0.4 is 0 Å². The molecule has 0 spiro atoms. The molecule has 2 aromatic rings. The van der Waals surface area contributed by atoms with Crippen molar-refractivity contribution in [3.63, 3.8) is 0 Å². The fraction of sp³-hybridized carbons (Fsp3) is 0.294. The number of hydrogen-bond donors (Lipinski definition) is 1. The van der Waals surface area contributed by atoms with Gasteiger partial charge in [0.25, 0.3) is 5.69 Å². The van der Waals surface area contributed by atoms with Crippen molar-refractivity contribution >= 4 is 5.69 Å². The van der Waals surface area contributed by atoms with E-state index in [4.69, 9.17) is 0 Å². The molecule has 0 aliphatic rings. The van der Waals surface area contributed by atoms with E-state index in [0.717, 1.165) is 24.8 Å². The van der Waals surface area contributed by atoms with Crippen molar-refractivity contribution in [2.45, 2.75) is 26.2 Å².